The van der Waals surface area contributed by atoms with Crippen molar-refractivity contribution < 1.29 is 18.4 Å². The van der Waals surface area contributed by atoms with Gasteiger partial charge in [-0.05, 0) is 91.7 Å². The lowest BCUT2D eigenvalue weighted by Crippen LogP contribution is -2.21. The molecule has 0 saturated heterocycles. The Hall–Kier alpha value is -4.59. The lowest BCUT2D eigenvalue weighted by molar-refractivity contribution is 0.0970. The van der Waals surface area contributed by atoms with Crippen LogP contribution in [0.3, 0.4) is 0 Å². The monoisotopic (exact) mass is 639 g/mol. The molecule has 4 nitrogen and oxygen atoms in total. The maximum absolute atomic E-state index is 14.8. The second-order valence-electron chi connectivity index (χ2n) is 11.3. The van der Waals surface area contributed by atoms with Crippen LogP contribution in [0.5, 0.6) is 0 Å². The number of carbonyl (C=O) groups excluding carboxylic acids is 2. The van der Waals surface area contributed by atoms with Gasteiger partial charge in [0.2, 0.25) is 0 Å². The van der Waals surface area contributed by atoms with Gasteiger partial charge >= 0.3 is 0 Å². The summed E-state index contributed by atoms with van der Waals surface area (Å²) in [7, 11) is 0. The van der Waals surface area contributed by atoms with Gasteiger partial charge in [0.25, 0.3) is 5.56 Å². The fourth-order valence-corrected chi connectivity index (χ4v) is 5.30. The van der Waals surface area contributed by atoms with Crippen molar-refractivity contribution in [1.29, 1.82) is 0 Å². The van der Waals surface area contributed by atoms with Crippen LogP contribution in [0.15, 0.2) is 70.1 Å². The first-order chi connectivity index (χ1) is 20.2. The number of benzene rings is 3. The highest BCUT2D eigenvalue weighted by Gasteiger charge is 2.31. The van der Waals surface area contributed by atoms with Gasteiger partial charge in [0, 0.05) is 16.2 Å². The molecular weight excluding hydrogens is 612 g/mol. The van der Waals surface area contributed by atoms with Crippen LogP contribution >= 0.6 is 15.9 Å². The molecule has 1 N–H and O–H groups in total. The number of nitrogens with one attached hydrogen (secondary N) is 1. The van der Waals surface area contributed by atoms with E-state index in [1.165, 1.54) is 18.3 Å². The molecule has 1 atom stereocenters. The van der Waals surface area contributed by atoms with Crippen LogP contribution in [-0.2, 0) is 10.8 Å². The number of carbonyl (C=O) groups is 2. The zero-order valence-corrected chi connectivity index (χ0v) is 25.6. The van der Waals surface area contributed by atoms with Gasteiger partial charge in [-0.1, -0.05) is 52.1 Å². The molecule has 4 aromatic rings. The summed E-state index contributed by atoms with van der Waals surface area (Å²) >= 11 is 3.32. The molecule has 216 valence electrons. The highest BCUT2D eigenvalue weighted by molar-refractivity contribution is 9.10. The van der Waals surface area contributed by atoms with Gasteiger partial charge in [-0.15, -0.1) is 12.8 Å². The molecule has 0 amide bonds. The number of rotatable bonds is 4. The minimum absolute atomic E-state index is 0.0332. The number of hydrogen-bond acceptors (Lipinski definition) is 3. The third-order valence-corrected chi connectivity index (χ3v) is 8.34. The van der Waals surface area contributed by atoms with E-state index in [1.807, 2.05) is 27.7 Å². The van der Waals surface area contributed by atoms with Crippen molar-refractivity contribution in [2.45, 2.75) is 44.4 Å². The van der Waals surface area contributed by atoms with E-state index in [1.54, 1.807) is 48.6 Å². The van der Waals surface area contributed by atoms with Crippen molar-refractivity contribution in [3.63, 3.8) is 0 Å². The summed E-state index contributed by atoms with van der Waals surface area (Å²) in [5, 5.41) is 0.635. The Labute approximate surface area is 257 Å². The van der Waals surface area contributed by atoms with Crippen LogP contribution in [0.25, 0.3) is 16.8 Å². The fourth-order valence-electron chi connectivity index (χ4n) is 4.82. The number of Topliss-reactive ketones (excluding diaryl/α,β-unsaturated/α-hetero) is 1. The minimum Gasteiger partial charge on any atom is -0.328 e. The number of halogens is 3. The molecule has 5 rings (SSSR count). The number of fused-ring (bicyclic) bond motifs is 2. The Bertz CT molecular complexity index is 1950. The van der Waals surface area contributed by atoms with Gasteiger partial charge in [-0.25, -0.2) is 8.78 Å². The van der Waals surface area contributed by atoms with E-state index in [-0.39, 0.29) is 16.7 Å². The normalized spacial score (nSPS) is 14.3. The quantitative estimate of drug-likeness (QED) is 0.182. The van der Waals surface area contributed by atoms with Crippen molar-refractivity contribution >= 4 is 44.8 Å². The number of aldehydes is 1. The zero-order chi connectivity index (χ0) is 31.7. The van der Waals surface area contributed by atoms with Gasteiger partial charge in [0.05, 0.1) is 27.7 Å². The molecule has 1 unspecified atom stereocenters. The van der Waals surface area contributed by atoms with Crippen LogP contribution in [-0.4, -0.2) is 17.1 Å². The van der Waals surface area contributed by atoms with Crippen LogP contribution in [0.4, 0.5) is 8.78 Å². The number of aromatic nitrogens is 1. The van der Waals surface area contributed by atoms with Crippen LogP contribution < -0.4 is 5.56 Å². The molecule has 1 aliphatic rings. The Morgan fingerprint density at radius 2 is 1.56 bits per heavy atom. The van der Waals surface area contributed by atoms with E-state index in [0.29, 0.717) is 44.0 Å². The molecule has 0 saturated carbocycles. The van der Waals surface area contributed by atoms with Crippen molar-refractivity contribution in [2.75, 3.05) is 0 Å². The van der Waals surface area contributed by atoms with E-state index >= 15 is 0 Å². The largest absolute Gasteiger partial charge is 0.328 e. The zero-order valence-electron chi connectivity index (χ0n) is 24.0. The van der Waals surface area contributed by atoms with Crippen molar-refractivity contribution in [1.82, 2.24) is 4.98 Å². The lowest BCUT2D eigenvalue weighted by Gasteiger charge is -2.24. The predicted molar refractivity (Wildman–Crippen MR) is 170 cm³/mol. The molecule has 0 aliphatic heterocycles. The van der Waals surface area contributed by atoms with Gasteiger partial charge in [0.1, 0.15) is 11.6 Å². The molecular formula is C36H28BrF2NO3. The summed E-state index contributed by atoms with van der Waals surface area (Å²) in [6, 6.07) is 13.0. The van der Waals surface area contributed by atoms with Crippen molar-refractivity contribution in [2.24, 2.45) is 0 Å². The Morgan fingerprint density at radius 1 is 0.930 bits per heavy atom. The molecule has 0 radical (unpaired) electrons. The van der Waals surface area contributed by atoms with E-state index in [0.717, 1.165) is 0 Å². The number of hydrogen-bond donors (Lipinski definition) is 1. The molecule has 1 aliphatic carbocycles. The number of ketones is 1. The highest BCUT2D eigenvalue weighted by Crippen LogP contribution is 2.37. The summed E-state index contributed by atoms with van der Waals surface area (Å²) in [5.41, 5.74) is 1.19. The summed E-state index contributed by atoms with van der Waals surface area (Å²) in [5.74, 6) is 3.04. The van der Waals surface area contributed by atoms with Gasteiger partial charge in [-0.3, -0.25) is 14.4 Å². The first-order valence-electron chi connectivity index (χ1n) is 13.3. The summed E-state index contributed by atoms with van der Waals surface area (Å²) < 4.78 is 29.3. The average molecular weight is 641 g/mol. The predicted octanol–water partition coefficient (Wildman–Crippen LogP) is 7.88. The number of terminal acetylenes is 2. The van der Waals surface area contributed by atoms with Crippen LogP contribution in [0.2, 0.25) is 0 Å². The van der Waals surface area contributed by atoms with Gasteiger partial charge in [-0.2, -0.15) is 0 Å². The first kappa shape index (κ1) is 31.3. The Balaban J connectivity index is 0.000000215. The highest BCUT2D eigenvalue weighted by atomic mass is 79.9. The number of H-pyrrole nitrogens is 1. The van der Waals surface area contributed by atoms with E-state index in [2.05, 4.69) is 32.8 Å². The van der Waals surface area contributed by atoms with Crippen LogP contribution in [0.1, 0.15) is 76.6 Å². The number of allylic oxidation sites excluding steroid dienone is 1. The smallest absolute Gasteiger partial charge is 0.258 e. The lowest BCUT2D eigenvalue weighted by atomic mass is 9.78. The van der Waals surface area contributed by atoms with Gasteiger partial charge < -0.3 is 4.98 Å². The van der Waals surface area contributed by atoms with Crippen LogP contribution in [0, 0.1) is 36.3 Å². The molecule has 1 aromatic heterocycles. The Morgan fingerprint density at radius 3 is 2.19 bits per heavy atom. The van der Waals surface area contributed by atoms with Crippen molar-refractivity contribution in [3.8, 4) is 24.7 Å². The summed E-state index contributed by atoms with van der Waals surface area (Å²) in [4.78, 5) is 38.4. The molecule has 0 bridgehead atoms. The molecule has 3 aromatic carbocycles. The maximum Gasteiger partial charge on any atom is 0.258 e. The standard InChI is InChI=1S/C22H16BrFO2.C14H12FNO/c1-4-22(2,3)14-10-13-8-9-16(21(26)20(13)19(24)11-14)15-6-5-7-18(23)17(15)12-25;1-4-14(2,3)10-7-9-5-6-16-13(17)12(9)11(15)8-10/h1,5-12,16H,2-3H3;1,5-8H,2-3H3,(H,16,17). The second-order valence-corrected chi connectivity index (χ2v) is 12.1. The van der Waals surface area contributed by atoms with Gasteiger partial charge in [0.15, 0.2) is 12.1 Å². The summed E-state index contributed by atoms with van der Waals surface area (Å²) in [6.45, 7) is 7.31. The molecule has 0 fully saturated rings. The Kier molecular flexibility index (Phi) is 8.71. The third kappa shape index (κ3) is 6.00. The topological polar surface area (TPSA) is 67.0 Å². The number of pyridine rings is 1. The van der Waals surface area contributed by atoms with Crippen molar-refractivity contribution in [3.05, 3.63) is 121 Å². The first-order valence-corrected chi connectivity index (χ1v) is 14.1. The fraction of sp³-hybridized carbons (Fsp3) is 0.194. The average Bonchev–Trinajstić information content (AvgIpc) is 2.97. The number of aromatic amines is 1. The molecule has 1 heterocycles. The summed E-state index contributed by atoms with van der Waals surface area (Å²) in [6.07, 6.45) is 16.6. The second kappa shape index (κ2) is 12.0. The molecule has 43 heavy (non-hydrogen) atoms. The van der Waals surface area contributed by atoms with E-state index in [9.17, 15) is 23.2 Å². The maximum atomic E-state index is 14.8. The minimum atomic E-state index is -0.707. The van der Waals surface area contributed by atoms with E-state index in [4.69, 9.17) is 12.8 Å². The SMILES string of the molecule is C#CC(C)(C)c1cc(F)c2c(=O)[nH]ccc2c1.C#CC(C)(C)c1cc(F)c2c(c1)C=CC(c1cccc(Br)c1C=O)C2=O. The van der Waals surface area contributed by atoms with E-state index < -0.39 is 33.9 Å². The third-order valence-electron chi connectivity index (χ3n) is 7.65. The molecule has 7 heteroatoms. The molecule has 0 spiro atoms.